The van der Waals surface area contributed by atoms with Crippen LogP contribution in [0.25, 0.3) is 0 Å². The summed E-state index contributed by atoms with van der Waals surface area (Å²) in [4.78, 5) is 11.8. The lowest BCUT2D eigenvalue weighted by Gasteiger charge is -2.29. The van der Waals surface area contributed by atoms with Crippen LogP contribution in [0.2, 0.25) is 0 Å². The summed E-state index contributed by atoms with van der Waals surface area (Å²) < 4.78 is 32.4. The number of nitrogens with one attached hydrogen (secondary N) is 1. The molecule has 1 aromatic rings. The minimum absolute atomic E-state index is 0.302. The molecule has 7 heteroatoms. The maximum atomic E-state index is 12.5. The third-order valence-corrected chi connectivity index (χ3v) is 6.27. The Balaban J connectivity index is 1.96. The number of nitrogens with two attached hydrogens (primary N) is 1. The Kier molecular flexibility index (Phi) is 6.01. The second-order valence-corrected chi connectivity index (χ2v) is 7.87. The van der Waals surface area contributed by atoms with Crippen LogP contribution < -0.4 is 10.5 Å². The van der Waals surface area contributed by atoms with E-state index >= 15 is 0 Å². The molecule has 1 fully saturated rings. The van der Waals surface area contributed by atoms with Gasteiger partial charge in [0.05, 0.1) is 18.3 Å². The van der Waals surface area contributed by atoms with Gasteiger partial charge in [-0.2, -0.15) is 0 Å². The first-order valence-electron chi connectivity index (χ1n) is 7.85. The van der Waals surface area contributed by atoms with E-state index in [0.29, 0.717) is 31.5 Å². The number of anilines is 1. The van der Waals surface area contributed by atoms with Crippen LogP contribution in [-0.4, -0.2) is 33.3 Å². The molecule has 2 atom stereocenters. The van der Waals surface area contributed by atoms with Gasteiger partial charge in [0.25, 0.3) is 0 Å². The normalized spacial score (nSPS) is 21.8. The van der Waals surface area contributed by atoms with Gasteiger partial charge in [0.15, 0.2) is 0 Å². The van der Waals surface area contributed by atoms with Crippen LogP contribution in [-0.2, 0) is 26.0 Å². The van der Waals surface area contributed by atoms with Crippen LogP contribution in [0.15, 0.2) is 24.3 Å². The lowest BCUT2D eigenvalue weighted by Crippen LogP contribution is -2.44. The van der Waals surface area contributed by atoms with Crippen LogP contribution in [0.5, 0.6) is 0 Å². The van der Waals surface area contributed by atoms with Crippen molar-refractivity contribution in [3.05, 3.63) is 29.8 Å². The third-order valence-electron chi connectivity index (χ3n) is 4.30. The molecule has 1 aliphatic carbocycles. The largest absolute Gasteiger partial charge is 0.469 e. The molecule has 1 aliphatic rings. The van der Waals surface area contributed by atoms with E-state index in [-0.39, 0.29) is 0 Å². The average molecular weight is 340 g/mol. The number of methoxy groups -OCH3 is 1. The SMILES string of the molecule is COC(=O)C1CCCCC1S(=O)(=O)NCCc1ccc(N)cc1. The molecule has 0 heterocycles. The summed E-state index contributed by atoms with van der Waals surface area (Å²) in [5, 5.41) is -0.699. The Morgan fingerprint density at radius 2 is 1.91 bits per heavy atom. The summed E-state index contributed by atoms with van der Waals surface area (Å²) in [5.41, 5.74) is 7.31. The van der Waals surface area contributed by atoms with Crippen molar-refractivity contribution >= 4 is 21.7 Å². The van der Waals surface area contributed by atoms with E-state index < -0.39 is 27.2 Å². The summed E-state index contributed by atoms with van der Waals surface area (Å²) in [6.07, 6.45) is 3.32. The fourth-order valence-electron chi connectivity index (χ4n) is 3.02. The summed E-state index contributed by atoms with van der Waals surface area (Å²) in [6.45, 7) is 0.302. The van der Waals surface area contributed by atoms with Crippen molar-refractivity contribution in [2.45, 2.75) is 37.4 Å². The number of hydrogen-bond donors (Lipinski definition) is 2. The molecule has 0 radical (unpaired) electrons. The first-order valence-corrected chi connectivity index (χ1v) is 9.39. The van der Waals surface area contributed by atoms with Crippen LogP contribution in [0.4, 0.5) is 5.69 Å². The third kappa shape index (κ3) is 4.68. The van der Waals surface area contributed by atoms with Crippen LogP contribution in [0, 0.1) is 5.92 Å². The molecule has 1 aromatic carbocycles. The van der Waals surface area contributed by atoms with Crippen molar-refractivity contribution in [1.29, 1.82) is 0 Å². The topological polar surface area (TPSA) is 98.5 Å². The molecule has 0 spiro atoms. The molecule has 2 unspecified atom stereocenters. The van der Waals surface area contributed by atoms with Crippen molar-refractivity contribution < 1.29 is 17.9 Å². The molecule has 1 saturated carbocycles. The zero-order chi connectivity index (χ0) is 16.9. The van der Waals surface area contributed by atoms with Gasteiger partial charge in [-0.3, -0.25) is 4.79 Å². The van der Waals surface area contributed by atoms with Gasteiger partial charge in [0.1, 0.15) is 0 Å². The zero-order valence-electron chi connectivity index (χ0n) is 13.3. The zero-order valence-corrected chi connectivity index (χ0v) is 14.1. The molecule has 23 heavy (non-hydrogen) atoms. The maximum absolute atomic E-state index is 12.5. The summed E-state index contributed by atoms with van der Waals surface area (Å²) in [7, 11) is -2.24. The van der Waals surface area contributed by atoms with Crippen LogP contribution in [0.1, 0.15) is 31.2 Å². The van der Waals surface area contributed by atoms with E-state index in [1.54, 1.807) is 12.1 Å². The molecular weight excluding hydrogens is 316 g/mol. The molecule has 0 aliphatic heterocycles. The van der Waals surface area contributed by atoms with Gasteiger partial charge in [-0.05, 0) is 37.0 Å². The second-order valence-electron chi connectivity index (χ2n) is 5.88. The number of ether oxygens (including phenoxy) is 1. The molecule has 0 aromatic heterocycles. The van der Waals surface area contributed by atoms with Gasteiger partial charge in [-0.25, -0.2) is 13.1 Å². The number of carbonyl (C=O) groups is 1. The van der Waals surface area contributed by atoms with E-state index in [1.807, 2.05) is 12.1 Å². The Hall–Kier alpha value is -1.60. The first-order chi connectivity index (χ1) is 10.9. The second kappa shape index (κ2) is 7.79. The highest BCUT2D eigenvalue weighted by Crippen LogP contribution is 2.30. The lowest BCUT2D eigenvalue weighted by molar-refractivity contribution is -0.146. The van der Waals surface area contributed by atoms with E-state index in [9.17, 15) is 13.2 Å². The van der Waals surface area contributed by atoms with Gasteiger partial charge in [-0.15, -0.1) is 0 Å². The number of hydrogen-bond acceptors (Lipinski definition) is 5. The Morgan fingerprint density at radius 1 is 1.26 bits per heavy atom. The highest BCUT2D eigenvalue weighted by Gasteiger charge is 2.39. The number of nitrogen functional groups attached to an aromatic ring is 1. The fourth-order valence-corrected chi connectivity index (χ4v) is 4.78. The smallest absolute Gasteiger partial charge is 0.310 e. The minimum Gasteiger partial charge on any atom is -0.469 e. The standard InChI is InChI=1S/C16H24N2O4S/c1-22-16(19)14-4-2-3-5-15(14)23(20,21)18-11-10-12-6-8-13(17)9-7-12/h6-9,14-15,18H,2-5,10-11,17H2,1H3. The van der Waals surface area contributed by atoms with E-state index in [0.717, 1.165) is 18.4 Å². The highest BCUT2D eigenvalue weighted by atomic mass is 32.2. The Labute approximate surface area is 137 Å². The number of rotatable bonds is 6. The van der Waals surface area contributed by atoms with Crippen molar-refractivity contribution in [3.63, 3.8) is 0 Å². The molecule has 0 saturated heterocycles. The minimum atomic E-state index is -3.54. The number of carbonyl (C=O) groups excluding carboxylic acids is 1. The fraction of sp³-hybridized carbons (Fsp3) is 0.562. The number of esters is 1. The van der Waals surface area contributed by atoms with Gasteiger partial charge in [-0.1, -0.05) is 25.0 Å². The molecule has 3 N–H and O–H groups in total. The maximum Gasteiger partial charge on any atom is 0.310 e. The van der Waals surface area contributed by atoms with Gasteiger partial charge in [0, 0.05) is 12.2 Å². The molecule has 128 valence electrons. The quantitative estimate of drug-likeness (QED) is 0.603. The number of sulfonamides is 1. The summed E-state index contributed by atoms with van der Waals surface area (Å²) >= 11 is 0. The molecule has 0 amide bonds. The first kappa shape index (κ1) is 17.7. The van der Waals surface area contributed by atoms with Crippen molar-refractivity contribution in [3.8, 4) is 0 Å². The van der Waals surface area contributed by atoms with E-state index in [1.165, 1.54) is 7.11 Å². The Bertz CT molecular complexity index is 628. The molecule has 0 bridgehead atoms. The van der Waals surface area contributed by atoms with Crippen LogP contribution >= 0.6 is 0 Å². The molecule has 6 nitrogen and oxygen atoms in total. The van der Waals surface area contributed by atoms with Crippen molar-refractivity contribution in [2.75, 3.05) is 19.4 Å². The summed E-state index contributed by atoms with van der Waals surface area (Å²) in [6, 6.07) is 7.33. The highest BCUT2D eigenvalue weighted by molar-refractivity contribution is 7.90. The van der Waals surface area contributed by atoms with Crippen molar-refractivity contribution in [1.82, 2.24) is 4.72 Å². The van der Waals surface area contributed by atoms with Crippen molar-refractivity contribution in [2.24, 2.45) is 5.92 Å². The molecule has 2 rings (SSSR count). The van der Waals surface area contributed by atoms with E-state index in [2.05, 4.69) is 4.72 Å². The van der Waals surface area contributed by atoms with Gasteiger partial charge < -0.3 is 10.5 Å². The molecular formula is C16H24N2O4S. The predicted octanol–water partition coefficient (Wildman–Crippen LogP) is 1.46. The number of benzene rings is 1. The monoisotopic (exact) mass is 340 g/mol. The van der Waals surface area contributed by atoms with Gasteiger partial charge >= 0.3 is 5.97 Å². The Morgan fingerprint density at radius 3 is 2.57 bits per heavy atom. The lowest BCUT2D eigenvalue weighted by atomic mass is 9.89. The van der Waals surface area contributed by atoms with Gasteiger partial charge in [0.2, 0.25) is 10.0 Å². The average Bonchev–Trinajstić information content (AvgIpc) is 2.56. The predicted molar refractivity (Wildman–Crippen MR) is 89.2 cm³/mol. The van der Waals surface area contributed by atoms with Crippen LogP contribution in [0.3, 0.4) is 0 Å². The summed E-state index contributed by atoms with van der Waals surface area (Å²) in [5.74, 6) is -0.999. The van der Waals surface area contributed by atoms with E-state index in [4.69, 9.17) is 10.5 Å².